The summed E-state index contributed by atoms with van der Waals surface area (Å²) in [5.41, 5.74) is 0.815. The van der Waals surface area contributed by atoms with Gasteiger partial charge in [-0.25, -0.2) is 4.98 Å². The van der Waals surface area contributed by atoms with Gasteiger partial charge >= 0.3 is 0 Å². The van der Waals surface area contributed by atoms with Crippen molar-refractivity contribution in [3.63, 3.8) is 0 Å². The highest BCUT2D eigenvalue weighted by Gasteiger charge is 2.27. The van der Waals surface area contributed by atoms with E-state index in [-0.39, 0.29) is 6.04 Å². The van der Waals surface area contributed by atoms with Crippen molar-refractivity contribution in [1.82, 2.24) is 20.0 Å². The molecule has 2 aromatic rings. The molecule has 0 aromatic carbocycles. The molecule has 0 bridgehead atoms. The second-order valence-electron chi connectivity index (χ2n) is 5.32. The summed E-state index contributed by atoms with van der Waals surface area (Å²) in [4.78, 5) is 11.0. The fourth-order valence-electron chi connectivity index (χ4n) is 2.54. The van der Waals surface area contributed by atoms with Crippen LogP contribution in [0.3, 0.4) is 0 Å². The number of pyridine rings is 1. The van der Waals surface area contributed by atoms with Crippen molar-refractivity contribution in [1.29, 1.82) is 0 Å². The quantitative estimate of drug-likeness (QED) is 0.755. The Morgan fingerprint density at radius 3 is 2.95 bits per heavy atom. The highest BCUT2D eigenvalue weighted by atomic mass is 16.5. The van der Waals surface area contributed by atoms with Crippen LogP contribution in [0.2, 0.25) is 0 Å². The van der Waals surface area contributed by atoms with E-state index in [1.54, 1.807) is 19.4 Å². The first kappa shape index (κ1) is 14.9. The predicted molar refractivity (Wildman–Crippen MR) is 79.5 cm³/mol. The zero-order chi connectivity index (χ0) is 15.4. The first-order valence-corrected chi connectivity index (χ1v) is 7.40. The van der Waals surface area contributed by atoms with E-state index in [2.05, 4.69) is 27.1 Å². The molecular formula is C15H20N4O3. The van der Waals surface area contributed by atoms with Crippen molar-refractivity contribution in [2.45, 2.75) is 18.9 Å². The molecule has 1 aliphatic rings. The summed E-state index contributed by atoms with van der Waals surface area (Å²) < 4.78 is 15.8. The number of hydrogen-bond acceptors (Lipinski definition) is 7. The molecule has 0 unspecified atom stereocenters. The molecule has 0 N–H and O–H groups in total. The van der Waals surface area contributed by atoms with E-state index in [0.717, 1.165) is 24.9 Å². The van der Waals surface area contributed by atoms with Crippen molar-refractivity contribution in [2.24, 2.45) is 0 Å². The molecule has 3 heterocycles. The fraction of sp³-hybridized carbons (Fsp3) is 0.533. The molecular weight excluding hydrogens is 284 g/mol. The zero-order valence-electron chi connectivity index (χ0n) is 12.9. The van der Waals surface area contributed by atoms with E-state index < -0.39 is 0 Å². The molecule has 0 saturated carbocycles. The normalized spacial score (nSPS) is 18.7. The first-order chi connectivity index (χ1) is 10.8. The Kier molecular flexibility index (Phi) is 4.65. The molecule has 1 fully saturated rings. The maximum absolute atomic E-state index is 5.43. The lowest BCUT2D eigenvalue weighted by Gasteiger charge is -2.14. The Bertz CT molecular complexity index is 599. The summed E-state index contributed by atoms with van der Waals surface area (Å²) in [6.07, 6.45) is 3.91. The lowest BCUT2D eigenvalue weighted by atomic mass is 10.2. The van der Waals surface area contributed by atoms with Crippen LogP contribution in [-0.2, 0) is 4.74 Å². The van der Waals surface area contributed by atoms with E-state index in [1.807, 2.05) is 6.07 Å². The van der Waals surface area contributed by atoms with Crippen LogP contribution < -0.4 is 4.74 Å². The summed E-state index contributed by atoms with van der Waals surface area (Å²) in [5, 5.41) is 4.06. The average molecular weight is 304 g/mol. The second kappa shape index (κ2) is 6.85. The maximum Gasteiger partial charge on any atom is 0.244 e. The van der Waals surface area contributed by atoms with Gasteiger partial charge in [0.05, 0.1) is 12.6 Å². The van der Waals surface area contributed by atoms with E-state index in [1.165, 1.54) is 0 Å². The van der Waals surface area contributed by atoms with E-state index in [9.17, 15) is 0 Å². The Morgan fingerprint density at radius 1 is 1.36 bits per heavy atom. The maximum atomic E-state index is 5.43. The minimum Gasteiger partial charge on any atom is -0.475 e. The molecule has 3 rings (SSSR count). The van der Waals surface area contributed by atoms with Gasteiger partial charge in [-0.2, -0.15) is 4.98 Å². The molecule has 0 aliphatic carbocycles. The average Bonchev–Trinajstić information content (AvgIpc) is 3.17. The third-order valence-electron chi connectivity index (χ3n) is 3.78. The van der Waals surface area contributed by atoms with Crippen LogP contribution in [0.25, 0.3) is 11.4 Å². The highest BCUT2D eigenvalue weighted by molar-refractivity contribution is 5.53. The van der Waals surface area contributed by atoms with Crippen molar-refractivity contribution < 1.29 is 14.0 Å². The summed E-state index contributed by atoms with van der Waals surface area (Å²) >= 11 is 0. The lowest BCUT2D eigenvalue weighted by Crippen LogP contribution is -2.17. The zero-order valence-corrected chi connectivity index (χ0v) is 12.9. The third kappa shape index (κ3) is 3.26. The second-order valence-corrected chi connectivity index (χ2v) is 5.32. The lowest BCUT2D eigenvalue weighted by molar-refractivity contribution is 0.144. The smallest absolute Gasteiger partial charge is 0.244 e. The van der Waals surface area contributed by atoms with Crippen LogP contribution in [0.4, 0.5) is 0 Å². The van der Waals surface area contributed by atoms with Crippen LogP contribution in [-0.4, -0.2) is 53.9 Å². The van der Waals surface area contributed by atoms with E-state index in [0.29, 0.717) is 30.8 Å². The fourth-order valence-corrected chi connectivity index (χ4v) is 2.54. The number of ether oxygens (including phenoxy) is 2. The van der Waals surface area contributed by atoms with Gasteiger partial charge in [0.2, 0.25) is 17.6 Å². The van der Waals surface area contributed by atoms with Crippen molar-refractivity contribution in [2.75, 3.05) is 33.9 Å². The standard InChI is InChI=1S/C15H20N4O3/c1-19-7-3-4-12(19)15-17-14(18-22-15)11-5-6-13(16-10-11)21-9-8-20-2/h5-6,10,12H,3-4,7-9H2,1-2H3/t12-/m0/s1. The number of aromatic nitrogens is 3. The Morgan fingerprint density at radius 2 is 2.27 bits per heavy atom. The van der Waals surface area contributed by atoms with Gasteiger partial charge in [0.15, 0.2) is 0 Å². The van der Waals surface area contributed by atoms with Gasteiger partial charge in [-0.3, -0.25) is 4.90 Å². The first-order valence-electron chi connectivity index (χ1n) is 7.40. The van der Waals surface area contributed by atoms with E-state index in [4.69, 9.17) is 14.0 Å². The van der Waals surface area contributed by atoms with Crippen LogP contribution in [0.1, 0.15) is 24.8 Å². The van der Waals surface area contributed by atoms with Gasteiger partial charge in [0.25, 0.3) is 0 Å². The van der Waals surface area contributed by atoms with E-state index >= 15 is 0 Å². The number of rotatable bonds is 6. The number of methoxy groups -OCH3 is 1. The topological polar surface area (TPSA) is 73.5 Å². The Hall–Kier alpha value is -1.99. The minimum absolute atomic E-state index is 0.228. The van der Waals surface area contributed by atoms with Crippen molar-refractivity contribution in [3.8, 4) is 17.3 Å². The summed E-state index contributed by atoms with van der Waals surface area (Å²) in [5.74, 6) is 1.79. The van der Waals surface area contributed by atoms with Gasteiger partial charge < -0.3 is 14.0 Å². The molecule has 0 amide bonds. The summed E-state index contributed by atoms with van der Waals surface area (Å²) in [6, 6.07) is 3.90. The van der Waals surface area contributed by atoms with Gasteiger partial charge in [-0.05, 0) is 32.5 Å². The molecule has 1 saturated heterocycles. The van der Waals surface area contributed by atoms with Crippen LogP contribution in [0.5, 0.6) is 5.88 Å². The molecule has 0 spiro atoms. The molecule has 2 aromatic heterocycles. The number of nitrogens with zero attached hydrogens (tertiary/aromatic N) is 4. The van der Waals surface area contributed by atoms with Crippen LogP contribution in [0.15, 0.2) is 22.9 Å². The molecule has 1 atom stereocenters. The van der Waals surface area contributed by atoms with Gasteiger partial charge in [-0.15, -0.1) is 0 Å². The van der Waals surface area contributed by atoms with Crippen molar-refractivity contribution >= 4 is 0 Å². The largest absolute Gasteiger partial charge is 0.475 e. The predicted octanol–water partition coefficient (Wildman–Crippen LogP) is 1.92. The van der Waals surface area contributed by atoms with Crippen LogP contribution in [0, 0.1) is 0 Å². The SMILES string of the molecule is COCCOc1ccc(-c2noc([C@@H]3CCCN3C)n2)cn1. The molecule has 7 heteroatoms. The van der Waals surface area contributed by atoms with Gasteiger partial charge in [-0.1, -0.05) is 5.16 Å². The molecule has 7 nitrogen and oxygen atoms in total. The summed E-state index contributed by atoms with van der Waals surface area (Å²) in [6.45, 7) is 2.08. The Balaban J connectivity index is 1.68. The van der Waals surface area contributed by atoms with Crippen LogP contribution >= 0.6 is 0 Å². The summed E-state index contributed by atoms with van der Waals surface area (Å²) in [7, 11) is 3.71. The number of hydrogen-bond donors (Lipinski definition) is 0. The Labute approximate surface area is 129 Å². The molecule has 22 heavy (non-hydrogen) atoms. The molecule has 1 aliphatic heterocycles. The minimum atomic E-state index is 0.228. The molecule has 118 valence electrons. The van der Waals surface area contributed by atoms with Crippen molar-refractivity contribution in [3.05, 3.63) is 24.2 Å². The monoisotopic (exact) mass is 304 g/mol. The third-order valence-corrected chi connectivity index (χ3v) is 3.78. The highest BCUT2D eigenvalue weighted by Crippen LogP contribution is 2.30. The van der Waals surface area contributed by atoms with Gasteiger partial charge in [0.1, 0.15) is 6.61 Å². The van der Waals surface area contributed by atoms with Gasteiger partial charge in [0, 0.05) is 24.9 Å². The molecule has 0 radical (unpaired) electrons. The number of likely N-dealkylation sites (tertiary alicyclic amines) is 1.